The molecule has 2 aliphatic rings. The van der Waals surface area contributed by atoms with Crippen LogP contribution in [0, 0.1) is 5.41 Å². The minimum atomic E-state index is -1.26. The van der Waals surface area contributed by atoms with Crippen molar-refractivity contribution < 1.29 is 14.4 Å². The standard InChI is InChI=1S/C25H34N2O3S/c1-25(23(28)26-19-11-4-2-5-12-19,24(29)30-27-20-13-6-3-7-14-20)17-21-16-18-10-8-9-15-22(18)31-21/h8-10,15-16,19-20,27H,2-7,11-14,17H2,1H3,(H,26,28). The first-order valence-electron chi connectivity index (χ1n) is 11.8. The van der Waals surface area contributed by atoms with Gasteiger partial charge in [-0.05, 0) is 50.1 Å². The summed E-state index contributed by atoms with van der Waals surface area (Å²) in [7, 11) is 0. The molecule has 0 spiro atoms. The van der Waals surface area contributed by atoms with E-state index in [9.17, 15) is 9.59 Å². The number of hydroxylamine groups is 1. The van der Waals surface area contributed by atoms with Crippen LogP contribution < -0.4 is 10.8 Å². The van der Waals surface area contributed by atoms with Gasteiger partial charge in [-0.25, -0.2) is 4.79 Å². The van der Waals surface area contributed by atoms with E-state index >= 15 is 0 Å². The molecule has 0 saturated heterocycles. The molecule has 1 aromatic carbocycles. The summed E-state index contributed by atoms with van der Waals surface area (Å²) in [5.74, 6) is -0.698. The van der Waals surface area contributed by atoms with Crippen molar-refractivity contribution in [2.75, 3.05) is 0 Å². The SMILES string of the molecule is CC(Cc1cc2ccccc2s1)(C(=O)NC1CCCCC1)C(=O)ONC1CCCCC1. The van der Waals surface area contributed by atoms with E-state index in [4.69, 9.17) is 4.84 Å². The summed E-state index contributed by atoms with van der Waals surface area (Å²) in [5.41, 5.74) is 1.71. The number of hydrogen-bond acceptors (Lipinski definition) is 5. The highest BCUT2D eigenvalue weighted by atomic mass is 32.1. The van der Waals surface area contributed by atoms with Crippen molar-refractivity contribution in [1.29, 1.82) is 0 Å². The molecule has 1 heterocycles. The summed E-state index contributed by atoms with van der Waals surface area (Å²) >= 11 is 1.64. The number of benzene rings is 1. The summed E-state index contributed by atoms with van der Waals surface area (Å²) in [4.78, 5) is 33.3. The lowest BCUT2D eigenvalue weighted by molar-refractivity contribution is -0.169. The summed E-state index contributed by atoms with van der Waals surface area (Å²) < 4.78 is 1.17. The lowest BCUT2D eigenvalue weighted by atomic mass is 9.84. The van der Waals surface area contributed by atoms with Crippen molar-refractivity contribution in [3.05, 3.63) is 35.2 Å². The van der Waals surface area contributed by atoms with Gasteiger partial charge in [-0.15, -0.1) is 16.8 Å². The van der Waals surface area contributed by atoms with Gasteiger partial charge in [-0.3, -0.25) is 4.79 Å². The Labute approximate surface area is 188 Å². The van der Waals surface area contributed by atoms with Gasteiger partial charge in [0.25, 0.3) is 0 Å². The average molecular weight is 443 g/mol. The van der Waals surface area contributed by atoms with Gasteiger partial charge in [0.2, 0.25) is 5.91 Å². The van der Waals surface area contributed by atoms with Gasteiger partial charge in [0, 0.05) is 28.1 Å². The van der Waals surface area contributed by atoms with E-state index in [-0.39, 0.29) is 18.0 Å². The van der Waals surface area contributed by atoms with Crippen LogP contribution in [-0.2, 0) is 20.8 Å². The molecule has 1 unspecified atom stereocenters. The molecule has 2 aromatic rings. The number of amides is 1. The fourth-order valence-corrected chi connectivity index (χ4v) is 6.00. The first kappa shape index (κ1) is 22.3. The quantitative estimate of drug-likeness (QED) is 0.452. The number of carbonyl (C=O) groups is 2. The lowest BCUT2D eigenvalue weighted by Gasteiger charge is -2.31. The zero-order valence-corrected chi connectivity index (χ0v) is 19.3. The first-order valence-corrected chi connectivity index (χ1v) is 12.6. The molecule has 31 heavy (non-hydrogen) atoms. The second-order valence-corrected chi connectivity index (χ2v) is 10.6. The maximum absolute atomic E-state index is 13.4. The van der Waals surface area contributed by atoms with E-state index in [2.05, 4.69) is 29.0 Å². The Morgan fingerprint density at radius 1 is 1.00 bits per heavy atom. The van der Waals surface area contributed by atoms with E-state index in [0.29, 0.717) is 6.42 Å². The fraction of sp³-hybridized carbons (Fsp3) is 0.600. The van der Waals surface area contributed by atoms with Crippen LogP contribution >= 0.6 is 11.3 Å². The topological polar surface area (TPSA) is 67.4 Å². The average Bonchev–Trinajstić information content (AvgIpc) is 3.20. The van der Waals surface area contributed by atoms with E-state index in [0.717, 1.165) is 61.6 Å². The molecule has 6 heteroatoms. The third-order valence-corrected chi connectivity index (χ3v) is 7.94. The molecule has 2 saturated carbocycles. The Morgan fingerprint density at radius 3 is 2.32 bits per heavy atom. The lowest BCUT2D eigenvalue weighted by Crippen LogP contribution is -2.51. The zero-order valence-electron chi connectivity index (χ0n) is 18.5. The molecule has 1 amide bonds. The maximum Gasteiger partial charge on any atom is 0.340 e. The van der Waals surface area contributed by atoms with E-state index in [1.807, 2.05) is 12.1 Å². The van der Waals surface area contributed by atoms with Crippen molar-refractivity contribution in [3.63, 3.8) is 0 Å². The number of rotatable bonds is 7. The number of fused-ring (bicyclic) bond motifs is 1. The third kappa shape index (κ3) is 5.47. The number of hydrogen-bond donors (Lipinski definition) is 2. The minimum Gasteiger partial charge on any atom is -0.369 e. The molecule has 168 valence electrons. The van der Waals surface area contributed by atoms with Gasteiger partial charge in [0.15, 0.2) is 0 Å². The molecule has 1 aromatic heterocycles. The number of nitrogens with one attached hydrogen (secondary N) is 2. The van der Waals surface area contributed by atoms with Gasteiger partial charge in [-0.2, -0.15) is 0 Å². The van der Waals surface area contributed by atoms with Crippen LogP contribution in [0.15, 0.2) is 30.3 Å². The molecule has 2 fully saturated rings. The van der Waals surface area contributed by atoms with Crippen molar-refractivity contribution in [3.8, 4) is 0 Å². The molecule has 2 N–H and O–H groups in total. The second kappa shape index (κ2) is 10.1. The number of carbonyl (C=O) groups excluding carboxylic acids is 2. The summed E-state index contributed by atoms with van der Waals surface area (Å²) in [6, 6.07) is 10.6. The molecular weight excluding hydrogens is 408 g/mol. The van der Waals surface area contributed by atoms with Crippen LogP contribution in [0.3, 0.4) is 0 Å². The molecule has 5 nitrogen and oxygen atoms in total. The van der Waals surface area contributed by atoms with E-state index < -0.39 is 11.4 Å². The Morgan fingerprint density at radius 2 is 1.65 bits per heavy atom. The molecular formula is C25H34N2O3S. The molecule has 0 bridgehead atoms. The highest BCUT2D eigenvalue weighted by Gasteiger charge is 2.44. The monoisotopic (exact) mass is 442 g/mol. The molecule has 0 aliphatic heterocycles. The Hall–Kier alpha value is -1.92. The van der Waals surface area contributed by atoms with Crippen LogP contribution in [0.5, 0.6) is 0 Å². The predicted molar refractivity (Wildman–Crippen MR) is 125 cm³/mol. The van der Waals surface area contributed by atoms with Crippen LogP contribution in [0.1, 0.15) is 76.0 Å². The van der Waals surface area contributed by atoms with Crippen molar-refractivity contribution >= 4 is 33.3 Å². The van der Waals surface area contributed by atoms with Crippen molar-refractivity contribution in [2.45, 2.75) is 89.6 Å². The van der Waals surface area contributed by atoms with Crippen LogP contribution in [0.4, 0.5) is 0 Å². The second-order valence-electron chi connectivity index (χ2n) is 9.41. The predicted octanol–water partition coefficient (Wildman–Crippen LogP) is 5.28. The van der Waals surface area contributed by atoms with Crippen molar-refractivity contribution in [2.24, 2.45) is 5.41 Å². The van der Waals surface area contributed by atoms with Crippen LogP contribution in [-0.4, -0.2) is 24.0 Å². The highest BCUT2D eigenvalue weighted by molar-refractivity contribution is 7.19. The smallest absolute Gasteiger partial charge is 0.340 e. The van der Waals surface area contributed by atoms with Gasteiger partial charge in [0.1, 0.15) is 5.41 Å². The maximum atomic E-state index is 13.4. The summed E-state index contributed by atoms with van der Waals surface area (Å²) in [6.07, 6.45) is 11.3. The molecule has 0 radical (unpaired) electrons. The molecule has 4 rings (SSSR count). The zero-order chi connectivity index (χ0) is 21.7. The van der Waals surface area contributed by atoms with Gasteiger partial charge in [-0.1, -0.05) is 56.7 Å². The normalized spacial score (nSPS) is 20.3. The number of thiophene rings is 1. The Kier molecular flexibility index (Phi) is 7.28. The van der Waals surface area contributed by atoms with Gasteiger partial charge >= 0.3 is 5.97 Å². The highest BCUT2D eigenvalue weighted by Crippen LogP contribution is 2.33. The van der Waals surface area contributed by atoms with Gasteiger partial charge in [0.05, 0.1) is 0 Å². The fourth-order valence-electron chi connectivity index (χ4n) is 4.78. The summed E-state index contributed by atoms with van der Waals surface area (Å²) in [6.45, 7) is 1.74. The molecule has 2 aliphatic carbocycles. The van der Waals surface area contributed by atoms with Crippen LogP contribution in [0.2, 0.25) is 0 Å². The van der Waals surface area contributed by atoms with E-state index in [1.165, 1.54) is 17.5 Å². The Balaban J connectivity index is 1.50. The van der Waals surface area contributed by atoms with Crippen molar-refractivity contribution in [1.82, 2.24) is 10.8 Å². The first-order chi connectivity index (χ1) is 15.0. The largest absolute Gasteiger partial charge is 0.369 e. The Bertz CT molecular complexity index is 866. The third-order valence-electron chi connectivity index (χ3n) is 6.82. The molecule has 1 atom stereocenters. The van der Waals surface area contributed by atoms with E-state index in [1.54, 1.807) is 18.3 Å². The van der Waals surface area contributed by atoms with Crippen LogP contribution in [0.25, 0.3) is 10.1 Å². The minimum absolute atomic E-state index is 0.155. The van der Waals surface area contributed by atoms with Gasteiger partial charge < -0.3 is 10.2 Å². The summed E-state index contributed by atoms with van der Waals surface area (Å²) in [5, 5.41) is 4.31.